The Bertz CT molecular complexity index is 980. The van der Waals surface area contributed by atoms with E-state index in [1.54, 1.807) is 12.1 Å². The van der Waals surface area contributed by atoms with E-state index < -0.39 is 12.6 Å². The Balaban J connectivity index is 1.66. The van der Waals surface area contributed by atoms with E-state index in [0.29, 0.717) is 31.0 Å². The molecule has 176 valence electrons. The lowest BCUT2D eigenvalue weighted by molar-refractivity contribution is -0.138. The Morgan fingerprint density at radius 2 is 1.91 bits per heavy atom. The van der Waals surface area contributed by atoms with Gasteiger partial charge in [0.25, 0.3) is 5.91 Å². The monoisotopic (exact) mass is 468 g/mol. The summed E-state index contributed by atoms with van der Waals surface area (Å²) in [5.74, 6) is 0.693. The van der Waals surface area contributed by atoms with Gasteiger partial charge in [-0.05, 0) is 56.6 Å². The SMILES string of the molecule is CC1CCN(C(=O)c2ccc3c(c2)c2c(n3SN(C)C)CCN(CCC(F)(F)F)C2)CC1. The molecule has 1 saturated heterocycles. The van der Waals surface area contributed by atoms with E-state index in [1.165, 1.54) is 0 Å². The minimum Gasteiger partial charge on any atom is -0.339 e. The fraction of sp³-hybridized carbons (Fsp3) is 0.609. The molecule has 1 aromatic heterocycles. The second kappa shape index (κ2) is 9.27. The molecule has 1 aromatic carbocycles. The molecule has 1 fully saturated rings. The van der Waals surface area contributed by atoms with E-state index >= 15 is 0 Å². The van der Waals surface area contributed by atoms with Crippen LogP contribution in [0.5, 0.6) is 0 Å². The van der Waals surface area contributed by atoms with Gasteiger partial charge in [-0.15, -0.1) is 0 Å². The smallest absolute Gasteiger partial charge is 0.339 e. The van der Waals surface area contributed by atoms with E-state index in [4.69, 9.17) is 0 Å². The zero-order valence-electron chi connectivity index (χ0n) is 18.9. The van der Waals surface area contributed by atoms with E-state index in [2.05, 4.69) is 10.9 Å². The van der Waals surface area contributed by atoms with Gasteiger partial charge in [0, 0.05) is 67.9 Å². The number of fused-ring (bicyclic) bond motifs is 3. The highest BCUT2D eigenvalue weighted by atomic mass is 32.2. The van der Waals surface area contributed by atoms with Crippen LogP contribution in [0.4, 0.5) is 13.2 Å². The van der Waals surface area contributed by atoms with Crippen LogP contribution in [0.15, 0.2) is 18.2 Å². The second-order valence-electron chi connectivity index (χ2n) is 9.21. The molecular weight excluding hydrogens is 437 g/mol. The van der Waals surface area contributed by atoms with Gasteiger partial charge in [-0.1, -0.05) is 6.92 Å². The number of hydrogen-bond acceptors (Lipinski definition) is 4. The van der Waals surface area contributed by atoms with Gasteiger partial charge in [0.2, 0.25) is 0 Å². The molecule has 3 heterocycles. The summed E-state index contributed by atoms with van der Waals surface area (Å²) < 4.78 is 42.5. The molecule has 4 rings (SSSR count). The van der Waals surface area contributed by atoms with Crippen LogP contribution in [0.2, 0.25) is 0 Å². The molecule has 0 atom stereocenters. The minimum atomic E-state index is -4.15. The highest BCUT2D eigenvalue weighted by Gasteiger charge is 2.31. The molecule has 2 aliphatic rings. The minimum absolute atomic E-state index is 0.00101. The maximum Gasteiger partial charge on any atom is 0.390 e. The maximum absolute atomic E-state index is 13.2. The first-order valence-corrected chi connectivity index (χ1v) is 12.0. The molecule has 9 heteroatoms. The number of halogens is 3. The third-order valence-electron chi connectivity index (χ3n) is 6.45. The number of rotatable bonds is 5. The summed E-state index contributed by atoms with van der Waals surface area (Å²) in [5, 5.41) is 0.974. The fourth-order valence-corrected chi connectivity index (χ4v) is 5.51. The van der Waals surface area contributed by atoms with Crippen molar-refractivity contribution in [3.8, 4) is 0 Å². The first-order valence-electron chi connectivity index (χ1n) is 11.2. The molecule has 2 aliphatic heterocycles. The summed E-state index contributed by atoms with van der Waals surface area (Å²) in [6.45, 7) is 4.85. The number of likely N-dealkylation sites (tertiary alicyclic amines) is 1. The number of carbonyl (C=O) groups is 1. The predicted molar refractivity (Wildman–Crippen MR) is 123 cm³/mol. The van der Waals surface area contributed by atoms with Gasteiger partial charge in [0.15, 0.2) is 0 Å². The number of amides is 1. The number of hydrogen-bond donors (Lipinski definition) is 0. The summed E-state index contributed by atoms with van der Waals surface area (Å²) in [5.41, 5.74) is 3.85. The van der Waals surface area contributed by atoms with Gasteiger partial charge in [-0.2, -0.15) is 13.2 Å². The molecule has 2 aromatic rings. The topological polar surface area (TPSA) is 31.7 Å². The first kappa shape index (κ1) is 23.4. The van der Waals surface area contributed by atoms with Gasteiger partial charge in [-0.25, -0.2) is 4.31 Å². The van der Waals surface area contributed by atoms with Crippen molar-refractivity contribution in [1.29, 1.82) is 0 Å². The lowest BCUT2D eigenvalue weighted by atomic mass is 9.98. The molecule has 5 nitrogen and oxygen atoms in total. The van der Waals surface area contributed by atoms with Crippen LogP contribution >= 0.6 is 12.1 Å². The van der Waals surface area contributed by atoms with E-state index in [0.717, 1.165) is 48.1 Å². The van der Waals surface area contributed by atoms with Crippen molar-refractivity contribution in [3.05, 3.63) is 35.0 Å². The van der Waals surface area contributed by atoms with Crippen LogP contribution in [-0.4, -0.2) is 70.4 Å². The highest BCUT2D eigenvalue weighted by Crippen LogP contribution is 2.36. The van der Waals surface area contributed by atoms with Crippen molar-refractivity contribution in [1.82, 2.24) is 18.1 Å². The molecule has 0 radical (unpaired) electrons. The molecule has 0 spiro atoms. The number of nitrogens with zero attached hydrogens (tertiary/aromatic N) is 4. The van der Waals surface area contributed by atoms with Gasteiger partial charge in [-0.3, -0.25) is 13.7 Å². The average Bonchev–Trinajstić information content (AvgIpc) is 3.04. The molecule has 32 heavy (non-hydrogen) atoms. The van der Waals surface area contributed by atoms with Crippen molar-refractivity contribution in [2.45, 2.75) is 45.3 Å². The lowest BCUT2D eigenvalue weighted by Crippen LogP contribution is -2.37. The van der Waals surface area contributed by atoms with Crippen molar-refractivity contribution in [2.24, 2.45) is 5.92 Å². The average molecular weight is 469 g/mol. The van der Waals surface area contributed by atoms with Crippen LogP contribution in [0, 0.1) is 5.92 Å². The molecule has 0 unspecified atom stereocenters. The number of carbonyl (C=O) groups excluding carboxylic acids is 1. The standard InChI is InChI=1S/C23H31F3N4OS/c1-16-6-11-29(12-7-16)22(31)17-4-5-20-18(14-17)19-15-28(13-9-23(24,25)26)10-8-21(19)30(20)32-27(2)3/h4-5,14,16H,6-13,15H2,1-3H3. The Kier molecular flexibility index (Phi) is 6.79. The Labute approximate surface area is 191 Å². The number of alkyl halides is 3. The van der Waals surface area contributed by atoms with Crippen LogP contribution in [0.25, 0.3) is 10.9 Å². The van der Waals surface area contributed by atoms with Crippen LogP contribution < -0.4 is 0 Å². The van der Waals surface area contributed by atoms with Crippen molar-refractivity contribution >= 4 is 28.9 Å². The van der Waals surface area contributed by atoms with Crippen molar-refractivity contribution in [2.75, 3.05) is 40.3 Å². The van der Waals surface area contributed by atoms with Crippen molar-refractivity contribution < 1.29 is 18.0 Å². The molecule has 0 bridgehead atoms. The zero-order valence-corrected chi connectivity index (χ0v) is 19.7. The largest absolute Gasteiger partial charge is 0.390 e. The quantitative estimate of drug-likeness (QED) is 0.591. The van der Waals surface area contributed by atoms with Gasteiger partial charge in [0.05, 0.1) is 11.9 Å². The van der Waals surface area contributed by atoms with Gasteiger partial charge < -0.3 is 4.90 Å². The summed E-state index contributed by atoms with van der Waals surface area (Å²) in [6.07, 6.45) is -2.22. The first-order chi connectivity index (χ1) is 15.1. The molecular formula is C23H31F3N4OS. The number of benzene rings is 1. The molecule has 0 N–H and O–H groups in total. The lowest BCUT2D eigenvalue weighted by Gasteiger charge is -2.30. The Morgan fingerprint density at radius 1 is 1.19 bits per heavy atom. The van der Waals surface area contributed by atoms with Crippen LogP contribution in [-0.2, 0) is 13.0 Å². The Morgan fingerprint density at radius 3 is 2.56 bits per heavy atom. The van der Waals surface area contributed by atoms with Crippen molar-refractivity contribution in [3.63, 3.8) is 0 Å². The van der Waals surface area contributed by atoms with E-state index in [1.807, 2.05) is 46.4 Å². The highest BCUT2D eigenvalue weighted by molar-refractivity contribution is 7.95. The van der Waals surface area contributed by atoms with Crippen LogP contribution in [0.1, 0.15) is 47.8 Å². The normalized spacial score (nSPS) is 18.5. The maximum atomic E-state index is 13.2. The summed E-state index contributed by atoms with van der Waals surface area (Å²) in [7, 11) is 3.94. The summed E-state index contributed by atoms with van der Waals surface area (Å²) >= 11 is 1.57. The fourth-order valence-electron chi connectivity index (χ4n) is 4.63. The van der Waals surface area contributed by atoms with Gasteiger partial charge in [0.1, 0.15) is 0 Å². The third-order valence-corrected chi connectivity index (χ3v) is 7.36. The zero-order chi connectivity index (χ0) is 23.0. The van der Waals surface area contributed by atoms with E-state index in [-0.39, 0.29) is 12.5 Å². The number of piperidine rings is 1. The molecule has 1 amide bonds. The number of aromatic nitrogens is 1. The molecule has 0 aliphatic carbocycles. The van der Waals surface area contributed by atoms with Gasteiger partial charge >= 0.3 is 6.18 Å². The second-order valence-corrected chi connectivity index (χ2v) is 10.5. The Hall–Kier alpha value is -1.71. The third kappa shape index (κ3) is 5.10. The van der Waals surface area contributed by atoms with E-state index in [9.17, 15) is 18.0 Å². The summed E-state index contributed by atoms with van der Waals surface area (Å²) in [4.78, 5) is 17.0. The summed E-state index contributed by atoms with van der Waals surface area (Å²) in [6, 6.07) is 5.83. The molecule has 0 saturated carbocycles. The van der Waals surface area contributed by atoms with Crippen LogP contribution in [0.3, 0.4) is 0 Å². The predicted octanol–water partition coefficient (Wildman–Crippen LogP) is 4.80.